The summed E-state index contributed by atoms with van der Waals surface area (Å²) in [6.07, 6.45) is 2.05. The van der Waals surface area contributed by atoms with Gasteiger partial charge < -0.3 is 19.9 Å². The summed E-state index contributed by atoms with van der Waals surface area (Å²) in [5.41, 5.74) is -0.383. The van der Waals surface area contributed by atoms with Gasteiger partial charge in [0.25, 0.3) is 5.91 Å². The minimum atomic E-state index is -0.835. The van der Waals surface area contributed by atoms with Crippen LogP contribution < -0.4 is 14.8 Å². The largest absolute Gasteiger partial charge is 0.497 e. The first-order valence-corrected chi connectivity index (χ1v) is 6.70. The molecule has 0 unspecified atom stereocenters. The third kappa shape index (κ3) is 3.42. The lowest BCUT2D eigenvalue weighted by Crippen LogP contribution is -2.42. The Morgan fingerprint density at radius 1 is 1.30 bits per heavy atom. The summed E-state index contributed by atoms with van der Waals surface area (Å²) >= 11 is 0. The van der Waals surface area contributed by atoms with E-state index in [-0.39, 0.29) is 12.5 Å². The number of methoxy groups -OCH3 is 2. The molecule has 2 rings (SSSR count). The van der Waals surface area contributed by atoms with Crippen molar-refractivity contribution in [2.24, 2.45) is 5.92 Å². The van der Waals surface area contributed by atoms with Crippen molar-refractivity contribution in [2.45, 2.75) is 25.4 Å². The Morgan fingerprint density at radius 2 is 1.85 bits per heavy atom. The first-order valence-electron chi connectivity index (χ1n) is 6.70. The molecule has 1 aliphatic carbocycles. The van der Waals surface area contributed by atoms with Crippen LogP contribution in [0.4, 0.5) is 0 Å². The SMILES string of the molecule is COc1cc(OC)cc(C(=O)NC[C@](C)(O)C2CC2)c1. The van der Waals surface area contributed by atoms with Crippen LogP contribution in [0.2, 0.25) is 0 Å². The van der Waals surface area contributed by atoms with Crippen molar-refractivity contribution in [2.75, 3.05) is 20.8 Å². The molecule has 0 radical (unpaired) electrons. The molecule has 5 heteroatoms. The van der Waals surface area contributed by atoms with Crippen LogP contribution in [0.1, 0.15) is 30.1 Å². The molecule has 1 aromatic carbocycles. The molecule has 1 aromatic rings. The Balaban J connectivity index is 2.04. The summed E-state index contributed by atoms with van der Waals surface area (Å²) in [7, 11) is 3.07. The van der Waals surface area contributed by atoms with Crippen molar-refractivity contribution < 1.29 is 19.4 Å². The van der Waals surface area contributed by atoms with Gasteiger partial charge in [0.2, 0.25) is 0 Å². The summed E-state index contributed by atoms with van der Waals surface area (Å²) in [5.74, 6) is 1.16. The van der Waals surface area contributed by atoms with E-state index in [9.17, 15) is 9.90 Å². The smallest absolute Gasteiger partial charge is 0.251 e. The second kappa shape index (κ2) is 5.71. The molecule has 1 saturated carbocycles. The first kappa shape index (κ1) is 14.7. The fourth-order valence-corrected chi connectivity index (χ4v) is 2.15. The van der Waals surface area contributed by atoms with Crippen molar-refractivity contribution >= 4 is 5.91 Å². The molecule has 20 heavy (non-hydrogen) atoms. The van der Waals surface area contributed by atoms with E-state index < -0.39 is 5.60 Å². The second-order valence-corrected chi connectivity index (χ2v) is 5.42. The molecule has 5 nitrogen and oxygen atoms in total. The van der Waals surface area contributed by atoms with E-state index in [4.69, 9.17) is 9.47 Å². The van der Waals surface area contributed by atoms with Gasteiger partial charge in [0, 0.05) is 18.2 Å². The van der Waals surface area contributed by atoms with Crippen LogP contribution in [0.25, 0.3) is 0 Å². The molecule has 1 atom stereocenters. The highest BCUT2D eigenvalue weighted by Crippen LogP contribution is 2.39. The van der Waals surface area contributed by atoms with Crippen LogP contribution in [0, 0.1) is 5.92 Å². The van der Waals surface area contributed by atoms with Gasteiger partial charge in [-0.15, -0.1) is 0 Å². The Labute approximate surface area is 118 Å². The van der Waals surface area contributed by atoms with Gasteiger partial charge in [0.05, 0.1) is 19.8 Å². The molecule has 0 heterocycles. The predicted octanol–water partition coefficient (Wildman–Crippen LogP) is 1.59. The minimum Gasteiger partial charge on any atom is -0.497 e. The summed E-state index contributed by atoms with van der Waals surface area (Å²) < 4.78 is 10.3. The van der Waals surface area contributed by atoms with E-state index in [0.717, 1.165) is 12.8 Å². The number of carbonyl (C=O) groups is 1. The number of aliphatic hydroxyl groups is 1. The Kier molecular flexibility index (Phi) is 4.18. The Hall–Kier alpha value is -1.75. The Morgan fingerprint density at radius 3 is 2.30 bits per heavy atom. The highest BCUT2D eigenvalue weighted by Gasteiger charge is 2.39. The maximum Gasteiger partial charge on any atom is 0.251 e. The third-order valence-electron chi connectivity index (χ3n) is 3.68. The van der Waals surface area contributed by atoms with Crippen LogP contribution in [0.15, 0.2) is 18.2 Å². The maximum atomic E-state index is 12.1. The molecule has 1 aliphatic rings. The molecule has 0 bridgehead atoms. The van der Waals surface area contributed by atoms with Crippen LogP contribution >= 0.6 is 0 Å². The lowest BCUT2D eigenvalue weighted by Gasteiger charge is -2.23. The molecule has 110 valence electrons. The molecule has 1 fully saturated rings. The van der Waals surface area contributed by atoms with Crippen molar-refractivity contribution in [1.82, 2.24) is 5.32 Å². The number of nitrogens with one attached hydrogen (secondary N) is 1. The zero-order chi connectivity index (χ0) is 14.8. The lowest BCUT2D eigenvalue weighted by molar-refractivity contribution is 0.0354. The molecular weight excluding hydrogens is 258 g/mol. The van der Waals surface area contributed by atoms with Gasteiger partial charge in [-0.05, 0) is 37.8 Å². The number of amides is 1. The molecule has 0 spiro atoms. The highest BCUT2D eigenvalue weighted by molar-refractivity contribution is 5.95. The first-order chi connectivity index (χ1) is 9.46. The average molecular weight is 279 g/mol. The summed E-state index contributed by atoms with van der Waals surface area (Å²) in [4.78, 5) is 12.1. The van der Waals surface area contributed by atoms with Crippen LogP contribution in [-0.4, -0.2) is 37.4 Å². The number of hydrogen-bond acceptors (Lipinski definition) is 4. The minimum absolute atomic E-state index is 0.246. The van der Waals surface area contributed by atoms with Gasteiger partial charge in [-0.1, -0.05) is 0 Å². The standard InChI is InChI=1S/C15H21NO4/c1-15(18,11-4-5-11)9-16-14(17)10-6-12(19-2)8-13(7-10)20-3/h6-8,11,18H,4-5,9H2,1-3H3,(H,16,17)/t15-/m0/s1. The average Bonchev–Trinajstić information content (AvgIpc) is 3.29. The molecule has 0 aliphatic heterocycles. The predicted molar refractivity (Wildman–Crippen MR) is 75.2 cm³/mol. The highest BCUT2D eigenvalue weighted by atomic mass is 16.5. The number of benzene rings is 1. The monoisotopic (exact) mass is 279 g/mol. The number of carbonyl (C=O) groups excluding carboxylic acids is 1. The summed E-state index contributed by atoms with van der Waals surface area (Å²) in [6, 6.07) is 4.99. The molecule has 1 amide bonds. The number of ether oxygens (including phenoxy) is 2. The van der Waals surface area contributed by atoms with E-state index in [1.807, 2.05) is 0 Å². The molecule has 2 N–H and O–H groups in total. The van der Waals surface area contributed by atoms with Gasteiger partial charge in [-0.25, -0.2) is 0 Å². The van der Waals surface area contributed by atoms with Gasteiger partial charge in [-0.3, -0.25) is 4.79 Å². The number of rotatable bonds is 6. The topological polar surface area (TPSA) is 67.8 Å². The lowest BCUT2D eigenvalue weighted by atomic mass is 10.0. The number of hydrogen-bond donors (Lipinski definition) is 2. The Bertz CT molecular complexity index is 472. The van der Waals surface area contributed by atoms with Crippen molar-refractivity contribution in [3.05, 3.63) is 23.8 Å². The van der Waals surface area contributed by atoms with Gasteiger partial charge in [0.1, 0.15) is 11.5 Å². The van der Waals surface area contributed by atoms with Gasteiger partial charge in [-0.2, -0.15) is 0 Å². The maximum absolute atomic E-state index is 12.1. The van der Waals surface area contributed by atoms with Crippen LogP contribution in [-0.2, 0) is 0 Å². The third-order valence-corrected chi connectivity index (χ3v) is 3.68. The zero-order valence-corrected chi connectivity index (χ0v) is 12.1. The zero-order valence-electron chi connectivity index (χ0n) is 12.1. The molecular formula is C15H21NO4. The fourth-order valence-electron chi connectivity index (χ4n) is 2.15. The van der Waals surface area contributed by atoms with E-state index >= 15 is 0 Å². The quantitative estimate of drug-likeness (QED) is 0.830. The normalized spacial score (nSPS) is 17.2. The molecule has 0 aromatic heterocycles. The fraction of sp³-hybridized carbons (Fsp3) is 0.533. The van der Waals surface area contributed by atoms with Crippen molar-refractivity contribution in [3.63, 3.8) is 0 Å². The summed E-state index contributed by atoms with van der Waals surface area (Å²) in [6.45, 7) is 2.01. The van der Waals surface area contributed by atoms with Crippen LogP contribution in [0.3, 0.4) is 0 Å². The van der Waals surface area contributed by atoms with Crippen molar-refractivity contribution in [1.29, 1.82) is 0 Å². The summed E-state index contributed by atoms with van der Waals surface area (Å²) in [5, 5.41) is 13.0. The van der Waals surface area contributed by atoms with Crippen molar-refractivity contribution in [3.8, 4) is 11.5 Å². The molecule has 0 saturated heterocycles. The van der Waals surface area contributed by atoms with E-state index in [0.29, 0.717) is 23.0 Å². The van der Waals surface area contributed by atoms with E-state index in [1.165, 1.54) is 14.2 Å². The van der Waals surface area contributed by atoms with Gasteiger partial charge in [0.15, 0.2) is 0 Å². The van der Waals surface area contributed by atoms with E-state index in [2.05, 4.69) is 5.32 Å². The van der Waals surface area contributed by atoms with E-state index in [1.54, 1.807) is 25.1 Å². The van der Waals surface area contributed by atoms with Gasteiger partial charge >= 0.3 is 0 Å². The second-order valence-electron chi connectivity index (χ2n) is 5.42. The van der Waals surface area contributed by atoms with Crippen LogP contribution in [0.5, 0.6) is 11.5 Å².